The fourth-order valence-electron chi connectivity index (χ4n) is 3.00. The molecule has 1 heterocycles. The first-order valence-electron chi connectivity index (χ1n) is 8.15. The lowest BCUT2D eigenvalue weighted by atomic mass is 9.97. The van der Waals surface area contributed by atoms with Gasteiger partial charge in [-0.2, -0.15) is 13.2 Å². The minimum absolute atomic E-state index is 0.576. The number of benzene rings is 2. The van der Waals surface area contributed by atoms with Gasteiger partial charge in [0.15, 0.2) is 0 Å². The predicted molar refractivity (Wildman–Crippen MR) is 90.6 cm³/mol. The average molecular weight is 331 g/mol. The molecule has 0 unspecified atom stereocenters. The Bertz CT molecular complexity index is 704. The lowest BCUT2D eigenvalue weighted by molar-refractivity contribution is -0.137. The van der Waals surface area contributed by atoms with Crippen LogP contribution in [0.2, 0.25) is 0 Å². The van der Waals surface area contributed by atoms with Crippen LogP contribution in [0.25, 0.3) is 5.57 Å². The Hall–Kier alpha value is -2.07. The predicted octanol–water partition coefficient (Wildman–Crippen LogP) is 5.04. The van der Waals surface area contributed by atoms with E-state index in [-0.39, 0.29) is 0 Å². The summed E-state index contributed by atoms with van der Waals surface area (Å²) < 4.78 is 38.5. The molecule has 1 aliphatic heterocycles. The molecule has 3 rings (SSSR count). The Balaban J connectivity index is 1.61. The summed E-state index contributed by atoms with van der Waals surface area (Å²) in [5, 5.41) is 0. The molecule has 0 fully saturated rings. The van der Waals surface area contributed by atoms with Crippen LogP contribution >= 0.6 is 0 Å². The molecule has 0 spiro atoms. The van der Waals surface area contributed by atoms with Crippen LogP contribution in [-0.2, 0) is 12.6 Å². The van der Waals surface area contributed by atoms with Crippen molar-refractivity contribution < 1.29 is 13.2 Å². The molecule has 0 atom stereocenters. The number of hydrogen-bond donors (Lipinski definition) is 0. The summed E-state index contributed by atoms with van der Waals surface area (Å²) in [6, 6.07) is 16.0. The van der Waals surface area contributed by atoms with E-state index in [0.717, 1.165) is 44.1 Å². The van der Waals surface area contributed by atoms with Gasteiger partial charge in [0.2, 0.25) is 0 Å². The number of hydrogen-bond acceptors (Lipinski definition) is 1. The zero-order chi connectivity index (χ0) is 17.0. The summed E-state index contributed by atoms with van der Waals surface area (Å²) >= 11 is 0. The monoisotopic (exact) mass is 331 g/mol. The van der Waals surface area contributed by atoms with E-state index in [4.69, 9.17) is 0 Å². The van der Waals surface area contributed by atoms with Crippen molar-refractivity contribution in [2.45, 2.75) is 19.0 Å². The van der Waals surface area contributed by atoms with Crippen LogP contribution < -0.4 is 0 Å². The Morgan fingerprint density at radius 2 is 1.75 bits per heavy atom. The summed E-state index contributed by atoms with van der Waals surface area (Å²) in [4.78, 5) is 2.34. The van der Waals surface area contributed by atoms with Gasteiger partial charge in [0.25, 0.3) is 0 Å². The second-order valence-electron chi connectivity index (χ2n) is 6.09. The van der Waals surface area contributed by atoms with Crippen molar-refractivity contribution in [1.82, 2.24) is 4.90 Å². The Morgan fingerprint density at radius 3 is 2.42 bits per heavy atom. The topological polar surface area (TPSA) is 3.24 Å². The van der Waals surface area contributed by atoms with Gasteiger partial charge in [-0.25, -0.2) is 0 Å². The van der Waals surface area contributed by atoms with Crippen molar-refractivity contribution in [3.8, 4) is 0 Å². The molecule has 4 heteroatoms. The van der Waals surface area contributed by atoms with Crippen molar-refractivity contribution in [3.05, 3.63) is 77.4 Å². The van der Waals surface area contributed by atoms with Crippen molar-refractivity contribution in [1.29, 1.82) is 0 Å². The minimum atomic E-state index is -4.28. The van der Waals surface area contributed by atoms with Crippen LogP contribution in [0.4, 0.5) is 13.2 Å². The van der Waals surface area contributed by atoms with Crippen molar-refractivity contribution in [2.24, 2.45) is 0 Å². The van der Waals surface area contributed by atoms with Gasteiger partial charge in [-0.05, 0) is 41.7 Å². The van der Waals surface area contributed by atoms with Gasteiger partial charge in [0.05, 0.1) is 5.56 Å². The highest BCUT2D eigenvalue weighted by molar-refractivity contribution is 5.67. The second kappa shape index (κ2) is 7.22. The quantitative estimate of drug-likeness (QED) is 0.759. The highest BCUT2D eigenvalue weighted by Gasteiger charge is 2.30. The number of nitrogens with zero attached hydrogens (tertiary/aromatic N) is 1. The Morgan fingerprint density at radius 1 is 0.958 bits per heavy atom. The average Bonchev–Trinajstić information content (AvgIpc) is 2.61. The van der Waals surface area contributed by atoms with Crippen molar-refractivity contribution >= 4 is 5.57 Å². The maximum atomic E-state index is 12.8. The van der Waals surface area contributed by atoms with Gasteiger partial charge in [-0.15, -0.1) is 0 Å². The van der Waals surface area contributed by atoms with E-state index in [9.17, 15) is 13.2 Å². The molecule has 24 heavy (non-hydrogen) atoms. The second-order valence-corrected chi connectivity index (χ2v) is 6.09. The van der Waals surface area contributed by atoms with Gasteiger partial charge in [0.1, 0.15) is 0 Å². The van der Waals surface area contributed by atoms with E-state index in [1.807, 2.05) is 18.2 Å². The van der Waals surface area contributed by atoms with E-state index in [2.05, 4.69) is 23.1 Å². The van der Waals surface area contributed by atoms with Gasteiger partial charge < -0.3 is 0 Å². The Labute approximate surface area is 140 Å². The standard InChI is InChI=1S/C20H20F3N/c21-20(22,23)19-8-4-7-18(15-19)17-10-13-24(14-11-17)12-9-16-5-2-1-3-6-16/h1-8,10,15H,9,11-14H2. The normalized spacial score (nSPS) is 16.0. The fraction of sp³-hybridized carbons (Fsp3) is 0.300. The smallest absolute Gasteiger partial charge is 0.299 e. The molecule has 1 aliphatic rings. The molecule has 0 aliphatic carbocycles. The van der Waals surface area contributed by atoms with Crippen LogP contribution in [0.3, 0.4) is 0 Å². The first-order chi connectivity index (χ1) is 11.5. The molecule has 0 radical (unpaired) electrons. The SMILES string of the molecule is FC(F)(F)c1cccc(C2=CCN(CCc3ccccc3)CC2)c1. The molecule has 2 aromatic carbocycles. The minimum Gasteiger partial charge on any atom is -0.299 e. The van der Waals surface area contributed by atoms with Gasteiger partial charge >= 0.3 is 6.18 Å². The molecule has 0 saturated carbocycles. The largest absolute Gasteiger partial charge is 0.416 e. The third-order valence-corrected chi connectivity index (χ3v) is 4.41. The van der Waals surface area contributed by atoms with Crippen LogP contribution in [0.1, 0.15) is 23.1 Å². The summed E-state index contributed by atoms with van der Waals surface area (Å²) in [7, 11) is 0. The van der Waals surface area contributed by atoms with Gasteiger partial charge in [-0.1, -0.05) is 48.5 Å². The summed E-state index contributed by atoms with van der Waals surface area (Å²) in [6.07, 6.45) is -0.444. The zero-order valence-electron chi connectivity index (χ0n) is 13.4. The number of rotatable bonds is 4. The molecule has 1 nitrogen and oxygen atoms in total. The first-order valence-corrected chi connectivity index (χ1v) is 8.15. The van der Waals surface area contributed by atoms with E-state index in [0.29, 0.717) is 5.56 Å². The van der Waals surface area contributed by atoms with E-state index in [1.54, 1.807) is 6.07 Å². The third kappa shape index (κ3) is 4.26. The van der Waals surface area contributed by atoms with Crippen molar-refractivity contribution in [3.63, 3.8) is 0 Å². The molecular weight excluding hydrogens is 311 g/mol. The maximum absolute atomic E-state index is 12.8. The van der Waals surface area contributed by atoms with Crippen molar-refractivity contribution in [2.75, 3.05) is 19.6 Å². The zero-order valence-corrected chi connectivity index (χ0v) is 13.4. The summed E-state index contributed by atoms with van der Waals surface area (Å²) in [6.45, 7) is 2.64. The lowest BCUT2D eigenvalue weighted by Gasteiger charge is -2.26. The summed E-state index contributed by atoms with van der Waals surface area (Å²) in [5.41, 5.74) is 2.43. The first kappa shape index (κ1) is 16.8. The lowest BCUT2D eigenvalue weighted by Crippen LogP contribution is -2.30. The molecule has 2 aromatic rings. The van der Waals surface area contributed by atoms with Crippen LogP contribution in [0.15, 0.2) is 60.7 Å². The van der Waals surface area contributed by atoms with Crippen LogP contribution in [0.5, 0.6) is 0 Å². The molecule has 0 aromatic heterocycles. The fourth-order valence-corrected chi connectivity index (χ4v) is 3.00. The molecule has 0 saturated heterocycles. The van der Waals surface area contributed by atoms with Crippen LogP contribution in [0, 0.1) is 0 Å². The molecule has 0 N–H and O–H groups in total. The van der Waals surface area contributed by atoms with Gasteiger partial charge in [-0.3, -0.25) is 4.90 Å². The highest BCUT2D eigenvalue weighted by atomic mass is 19.4. The van der Waals surface area contributed by atoms with Crippen LogP contribution in [-0.4, -0.2) is 24.5 Å². The number of halogens is 3. The molecule has 0 amide bonds. The van der Waals surface area contributed by atoms with Gasteiger partial charge in [0, 0.05) is 19.6 Å². The van der Waals surface area contributed by atoms with E-state index < -0.39 is 11.7 Å². The Kier molecular flexibility index (Phi) is 5.05. The third-order valence-electron chi connectivity index (χ3n) is 4.41. The number of alkyl halides is 3. The molecular formula is C20H20F3N. The molecule has 0 bridgehead atoms. The molecule has 126 valence electrons. The summed E-state index contributed by atoms with van der Waals surface area (Å²) in [5.74, 6) is 0. The van der Waals surface area contributed by atoms with E-state index in [1.165, 1.54) is 17.7 Å². The van der Waals surface area contributed by atoms with E-state index >= 15 is 0 Å². The maximum Gasteiger partial charge on any atom is 0.416 e. The highest BCUT2D eigenvalue weighted by Crippen LogP contribution is 2.32.